The maximum absolute atomic E-state index is 11.7. The molecule has 98 valence electrons. The van der Waals surface area contributed by atoms with Gasteiger partial charge in [0.05, 0.1) is 10.0 Å². The van der Waals surface area contributed by atoms with Crippen molar-refractivity contribution in [3.8, 4) is 0 Å². The highest BCUT2D eigenvalue weighted by molar-refractivity contribution is 7.80. The van der Waals surface area contributed by atoms with Crippen molar-refractivity contribution in [2.45, 2.75) is 6.92 Å². The molecule has 2 rings (SSSR count). The number of carbonyl (C=O) groups is 2. The van der Waals surface area contributed by atoms with E-state index in [2.05, 4.69) is 5.32 Å². The van der Waals surface area contributed by atoms with E-state index in [1.807, 2.05) is 0 Å². The van der Waals surface area contributed by atoms with Crippen LogP contribution in [0.1, 0.15) is 12.5 Å². The Morgan fingerprint density at radius 1 is 1.37 bits per heavy atom. The van der Waals surface area contributed by atoms with Gasteiger partial charge in [-0.3, -0.25) is 19.8 Å². The number of nitrogens with zero attached hydrogens (tertiary/aromatic N) is 1. The van der Waals surface area contributed by atoms with E-state index in [9.17, 15) is 9.59 Å². The van der Waals surface area contributed by atoms with Crippen molar-refractivity contribution in [1.29, 1.82) is 0 Å². The lowest BCUT2D eigenvalue weighted by molar-refractivity contribution is -0.125. The van der Waals surface area contributed by atoms with Crippen LogP contribution in [0.5, 0.6) is 0 Å². The summed E-state index contributed by atoms with van der Waals surface area (Å²) in [6, 6.07) is 4.90. The molecule has 1 heterocycles. The number of nitrogens with one attached hydrogen (secondary N) is 1. The third kappa shape index (κ3) is 2.78. The van der Waals surface area contributed by atoms with Gasteiger partial charge in [-0.05, 0) is 36.0 Å². The van der Waals surface area contributed by atoms with Gasteiger partial charge in [-0.25, -0.2) is 0 Å². The van der Waals surface area contributed by atoms with Gasteiger partial charge >= 0.3 is 0 Å². The maximum Gasteiger partial charge on any atom is 0.274 e. The molecule has 0 aliphatic carbocycles. The van der Waals surface area contributed by atoms with E-state index in [4.69, 9.17) is 35.4 Å². The van der Waals surface area contributed by atoms with Gasteiger partial charge in [0.1, 0.15) is 5.70 Å². The lowest BCUT2D eigenvalue weighted by atomic mass is 10.2. The number of thiocarbonyl (C=S) groups is 1. The molecule has 1 aromatic rings. The number of hydrogen-bond acceptors (Lipinski definition) is 3. The van der Waals surface area contributed by atoms with Crippen LogP contribution in [0.2, 0.25) is 10.0 Å². The van der Waals surface area contributed by atoms with Crippen molar-refractivity contribution in [2.24, 2.45) is 0 Å². The van der Waals surface area contributed by atoms with Crippen molar-refractivity contribution in [2.75, 3.05) is 0 Å². The van der Waals surface area contributed by atoms with Crippen molar-refractivity contribution < 1.29 is 9.59 Å². The Bertz CT molecular complexity index is 628. The fraction of sp³-hybridized carbons (Fsp3) is 0.0833. The van der Waals surface area contributed by atoms with Gasteiger partial charge < -0.3 is 0 Å². The van der Waals surface area contributed by atoms with Gasteiger partial charge in [0, 0.05) is 6.92 Å². The van der Waals surface area contributed by atoms with E-state index in [0.29, 0.717) is 15.6 Å². The Morgan fingerprint density at radius 3 is 2.63 bits per heavy atom. The minimum atomic E-state index is -0.425. The zero-order chi connectivity index (χ0) is 14.2. The Labute approximate surface area is 125 Å². The largest absolute Gasteiger partial charge is 0.297 e. The number of rotatable bonds is 1. The molecule has 1 N–H and O–H groups in total. The molecular weight excluding hydrogens is 307 g/mol. The Balaban J connectivity index is 2.45. The summed E-state index contributed by atoms with van der Waals surface area (Å²) >= 11 is 16.6. The summed E-state index contributed by atoms with van der Waals surface area (Å²) in [5.41, 5.74) is 0.811. The highest BCUT2D eigenvalue weighted by Gasteiger charge is 2.32. The highest BCUT2D eigenvalue weighted by atomic mass is 35.5. The normalized spacial score (nSPS) is 17.0. The Hall–Kier alpha value is -1.43. The molecular formula is C12H8Cl2N2O2S. The number of halogens is 2. The topological polar surface area (TPSA) is 49.4 Å². The first-order chi connectivity index (χ1) is 8.90. The first kappa shape index (κ1) is 14.0. The fourth-order valence-electron chi connectivity index (χ4n) is 1.63. The second-order valence-electron chi connectivity index (χ2n) is 3.82. The van der Waals surface area contributed by atoms with Gasteiger partial charge in [0.15, 0.2) is 5.11 Å². The summed E-state index contributed by atoms with van der Waals surface area (Å²) in [6.45, 7) is 1.33. The molecule has 0 bridgehead atoms. The summed E-state index contributed by atoms with van der Waals surface area (Å²) in [7, 11) is 0. The van der Waals surface area contributed by atoms with Gasteiger partial charge in [0.25, 0.3) is 5.91 Å². The standard InChI is InChI=1S/C12H8Cl2N2O2S/c1-6(17)16-10(11(18)15-12(16)19)5-7-2-3-8(13)9(14)4-7/h2-5H,1H3,(H,15,18,19)/b10-5-. The molecule has 0 unspecified atom stereocenters. The zero-order valence-corrected chi connectivity index (χ0v) is 12.1. The summed E-state index contributed by atoms with van der Waals surface area (Å²) in [6.07, 6.45) is 1.53. The molecule has 1 aliphatic rings. The van der Waals surface area contributed by atoms with Crippen LogP contribution in [0, 0.1) is 0 Å². The second kappa shape index (κ2) is 5.28. The van der Waals surface area contributed by atoms with Gasteiger partial charge in [-0.1, -0.05) is 29.3 Å². The Kier molecular flexibility index (Phi) is 3.89. The lowest BCUT2D eigenvalue weighted by Crippen LogP contribution is -2.31. The molecule has 0 saturated carbocycles. The molecule has 0 spiro atoms. The molecule has 1 aromatic carbocycles. The quantitative estimate of drug-likeness (QED) is 0.640. The molecule has 1 fully saturated rings. The third-order valence-electron chi connectivity index (χ3n) is 2.46. The van der Waals surface area contributed by atoms with Crippen molar-refractivity contribution >= 4 is 58.4 Å². The molecule has 0 atom stereocenters. The molecule has 0 aromatic heterocycles. The number of carbonyl (C=O) groups excluding carboxylic acids is 2. The van der Waals surface area contributed by atoms with Gasteiger partial charge in [0.2, 0.25) is 5.91 Å². The van der Waals surface area contributed by atoms with Gasteiger partial charge in [-0.2, -0.15) is 0 Å². The zero-order valence-electron chi connectivity index (χ0n) is 9.74. The van der Waals surface area contributed by atoms with E-state index in [1.54, 1.807) is 18.2 Å². The van der Waals surface area contributed by atoms with Crippen LogP contribution in [-0.4, -0.2) is 21.8 Å². The molecule has 2 amide bonds. The first-order valence-corrected chi connectivity index (χ1v) is 6.39. The van der Waals surface area contributed by atoms with Crippen LogP contribution < -0.4 is 5.32 Å². The molecule has 4 nitrogen and oxygen atoms in total. The average Bonchev–Trinajstić information content (AvgIpc) is 2.59. The summed E-state index contributed by atoms with van der Waals surface area (Å²) in [5.74, 6) is -0.763. The average molecular weight is 315 g/mol. The minimum absolute atomic E-state index is 0.0730. The molecule has 1 saturated heterocycles. The molecule has 1 aliphatic heterocycles. The van der Waals surface area contributed by atoms with E-state index in [-0.39, 0.29) is 16.7 Å². The van der Waals surface area contributed by atoms with Crippen molar-refractivity contribution in [3.63, 3.8) is 0 Å². The van der Waals surface area contributed by atoms with Crippen molar-refractivity contribution in [1.82, 2.24) is 10.2 Å². The second-order valence-corrected chi connectivity index (χ2v) is 5.02. The third-order valence-corrected chi connectivity index (χ3v) is 3.48. The van der Waals surface area contributed by atoms with Crippen LogP contribution in [0.4, 0.5) is 0 Å². The van der Waals surface area contributed by atoms with E-state index < -0.39 is 5.91 Å². The fourth-order valence-corrected chi connectivity index (χ4v) is 2.26. The Morgan fingerprint density at radius 2 is 2.05 bits per heavy atom. The van der Waals surface area contributed by atoms with Crippen LogP contribution >= 0.6 is 35.4 Å². The predicted molar refractivity (Wildman–Crippen MR) is 77.7 cm³/mol. The van der Waals surface area contributed by atoms with Crippen LogP contribution in [-0.2, 0) is 9.59 Å². The highest BCUT2D eigenvalue weighted by Crippen LogP contribution is 2.25. The van der Waals surface area contributed by atoms with Crippen molar-refractivity contribution in [3.05, 3.63) is 39.5 Å². The number of hydrogen-bond donors (Lipinski definition) is 1. The first-order valence-electron chi connectivity index (χ1n) is 5.23. The van der Waals surface area contributed by atoms with E-state index in [1.165, 1.54) is 13.0 Å². The SMILES string of the molecule is CC(=O)N1C(=S)NC(=O)/C1=C/c1ccc(Cl)c(Cl)c1. The molecule has 0 radical (unpaired) electrons. The minimum Gasteiger partial charge on any atom is -0.297 e. The predicted octanol–water partition coefficient (Wildman–Crippen LogP) is 2.60. The molecule has 7 heteroatoms. The summed E-state index contributed by atoms with van der Waals surface area (Å²) < 4.78 is 0. The lowest BCUT2D eigenvalue weighted by Gasteiger charge is -2.12. The van der Waals surface area contributed by atoms with Crippen LogP contribution in [0.25, 0.3) is 6.08 Å². The van der Waals surface area contributed by atoms with E-state index in [0.717, 1.165) is 4.90 Å². The molecule has 19 heavy (non-hydrogen) atoms. The van der Waals surface area contributed by atoms with E-state index >= 15 is 0 Å². The van der Waals surface area contributed by atoms with Crippen LogP contribution in [0.3, 0.4) is 0 Å². The maximum atomic E-state index is 11.7. The van der Waals surface area contributed by atoms with Crippen LogP contribution in [0.15, 0.2) is 23.9 Å². The monoisotopic (exact) mass is 314 g/mol. The smallest absolute Gasteiger partial charge is 0.274 e. The summed E-state index contributed by atoms with van der Waals surface area (Å²) in [4.78, 5) is 24.4. The summed E-state index contributed by atoms with van der Waals surface area (Å²) in [5, 5.41) is 3.27. The number of benzene rings is 1. The van der Waals surface area contributed by atoms with Gasteiger partial charge in [-0.15, -0.1) is 0 Å². The number of amides is 2.